The molecule has 0 bridgehead atoms. The van der Waals surface area contributed by atoms with Crippen LogP contribution in [0, 0.1) is 0 Å². The molecule has 3 atom stereocenters. The van der Waals surface area contributed by atoms with E-state index in [0.717, 1.165) is 0 Å². The minimum Gasteiger partial charge on any atom is -0.670 e. The van der Waals surface area contributed by atoms with Crippen LogP contribution in [-0.4, -0.2) is 35.2 Å². The Balaban J connectivity index is -0.000000187. The minimum atomic E-state index is -1.54. The number of carboxylic acid groups (broad SMARTS) is 2. The van der Waals surface area contributed by atoms with Crippen LogP contribution in [0.1, 0.15) is 13.8 Å². The van der Waals surface area contributed by atoms with Crippen molar-refractivity contribution in [2.24, 2.45) is 0 Å². The van der Waals surface area contributed by atoms with Gasteiger partial charge < -0.3 is 36.4 Å². The van der Waals surface area contributed by atoms with Crippen LogP contribution in [0.15, 0.2) is 0 Å². The summed E-state index contributed by atoms with van der Waals surface area (Å²) in [5, 5.41) is 27.5. The predicted octanol–water partition coefficient (Wildman–Crippen LogP) is -2.29. The van der Waals surface area contributed by atoms with E-state index in [1.807, 2.05) is 0 Å². The van der Waals surface area contributed by atoms with Gasteiger partial charge in [-0.05, 0) is 6.92 Å². The van der Waals surface area contributed by atoms with E-state index < -0.39 is 30.1 Å². The van der Waals surface area contributed by atoms with E-state index in [9.17, 15) is 19.8 Å². The maximum atomic E-state index is 9.68. The summed E-state index contributed by atoms with van der Waals surface area (Å²) in [5.74, 6) is -2.87. The van der Waals surface area contributed by atoms with Crippen molar-refractivity contribution in [3.05, 3.63) is 11.5 Å². The summed E-state index contributed by atoms with van der Waals surface area (Å²) in [5.41, 5.74) is 12.9. The number of hydrogen-bond acceptors (Lipinski definition) is 5. The number of aliphatic hydroxyl groups excluding tert-OH is 1. The van der Waals surface area contributed by atoms with E-state index in [2.05, 4.69) is 0 Å². The van der Waals surface area contributed by atoms with Gasteiger partial charge in [0.15, 0.2) is 0 Å². The number of hydrogen-bond donors (Lipinski definition) is 1. The monoisotopic (exact) mass is 267 g/mol. The van der Waals surface area contributed by atoms with Gasteiger partial charge in [0.2, 0.25) is 0 Å². The Morgan fingerprint density at radius 1 is 1.13 bits per heavy atom. The molecule has 0 heterocycles. The first kappa shape index (κ1) is 19.8. The molecule has 0 spiro atoms. The molecule has 0 aromatic heterocycles. The van der Waals surface area contributed by atoms with Crippen molar-refractivity contribution >= 4 is 11.9 Å². The Morgan fingerprint density at radius 2 is 1.40 bits per heavy atom. The SMILES string of the molecule is CC(O)C([NH-])C(=O)[O-].CC([NH-])C(=O)[O-].[Cu+2]. The molecule has 0 rings (SSSR count). The van der Waals surface area contributed by atoms with Gasteiger partial charge in [0, 0.05) is 18.0 Å². The molecule has 0 aromatic rings. The van der Waals surface area contributed by atoms with Gasteiger partial charge in [0.1, 0.15) is 0 Å². The molecule has 0 amide bonds. The maximum absolute atomic E-state index is 9.68. The third-order valence-electron chi connectivity index (χ3n) is 1.09. The molecule has 3 unspecified atom stereocenters. The molecular formula is C7H12CuN2O5-2. The molecule has 15 heavy (non-hydrogen) atoms. The fraction of sp³-hybridized carbons (Fsp3) is 0.714. The molecule has 7 nitrogen and oxygen atoms in total. The van der Waals surface area contributed by atoms with E-state index in [-0.39, 0.29) is 17.1 Å². The zero-order chi connectivity index (χ0) is 11.9. The van der Waals surface area contributed by atoms with Gasteiger partial charge in [-0.1, -0.05) is 13.0 Å². The van der Waals surface area contributed by atoms with Crippen molar-refractivity contribution in [1.29, 1.82) is 0 Å². The van der Waals surface area contributed by atoms with Crippen molar-refractivity contribution in [3.63, 3.8) is 0 Å². The van der Waals surface area contributed by atoms with Crippen molar-refractivity contribution in [3.8, 4) is 0 Å². The van der Waals surface area contributed by atoms with Gasteiger partial charge in [-0.15, -0.1) is 6.04 Å². The summed E-state index contributed by atoms with van der Waals surface area (Å²) in [6.07, 6.45) is -1.15. The van der Waals surface area contributed by atoms with E-state index in [1.165, 1.54) is 13.8 Å². The number of carboxylic acids is 2. The van der Waals surface area contributed by atoms with Crippen molar-refractivity contribution in [1.82, 2.24) is 0 Å². The van der Waals surface area contributed by atoms with Crippen LogP contribution in [0.5, 0.6) is 0 Å². The van der Waals surface area contributed by atoms with Crippen molar-refractivity contribution in [2.45, 2.75) is 32.0 Å². The van der Waals surface area contributed by atoms with E-state index >= 15 is 0 Å². The molecule has 0 aliphatic rings. The Kier molecular flexibility index (Phi) is 13.1. The normalized spacial score (nSPS) is 14.7. The number of carbonyl (C=O) groups excluding carboxylic acids is 2. The molecule has 3 N–H and O–H groups in total. The Hall–Kier alpha value is -0.661. The molecular weight excluding hydrogens is 256 g/mol. The molecule has 0 aliphatic heterocycles. The molecule has 0 saturated heterocycles. The predicted molar refractivity (Wildman–Crippen MR) is 43.6 cm³/mol. The van der Waals surface area contributed by atoms with Gasteiger partial charge in [-0.3, -0.25) is 0 Å². The van der Waals surface area contributed by atoms with Crippen LogP contribution in [0.25, 0.3) is 11.5 Å². The van der Waals surface area contributed by atoms with E-state index in [4.69, 9.17) is 16.6 Å². The topological polar surface area (TPSA) is 148 Å². The summed E-state index contributed by atoms with van der Waals surface area (Å²) >= 11 is 0. The van der Waals surface area contributed by atoms with Crippen LogP contribution in [0.4, 0.5) is 0 Å². The third-order valence-corrected chi connectivity index (χ3v) is 1.09. The summed E-state index contributed by atoms with van der Waals surface area (Å²) in [6, 6.07) is -2.61. The summed E-state index contributed by atoms with van der Waals surface area (Å²) < 4.78 is 0. The van der Waals surface area contributed by atoms with E-state index in [0.29, 0.717) is 0 Å². The maximum Gasteiger partial charge on any atom is 2.00 e. The van der Waals surface area contributed by atoms with Crippen LogP contribution in [-0.2, 0) is 26.7 Å². The van der Waals surface area contributed by atoms with Crippen LogP contribution >= 0.6 is 0 Å². The standard InChI is InChI=1S/C4H8NO3.C3H6NO2.Cu/c1-2(6)3(5)4(7)8;1-2(4)3(5)6;/h2-3,5-6H,1H3,(H,7,8);2,4H,1H3,(H,5,6);/q2*-1;+2/p-2. The van der Waals surface area contributed by atoms with Crippen LogP contribution in [0.3, 0.4) is 0 Å². The zero-order valence-electron chi connectivity index (χ0n) is 8.11. The smallest absolute Gasteiger partial charge is 0.670 e. The second-order valence-corrected chi connectivity index (χ2v) is 2.58. The second kappa shape index (κ2) is 9.88. The first-order chi connectivity index (χ1) is 6.20. The Morgan fingerprint density at radius 3 is 1.40 bits per heavy atom. The fourth-order valence-corrected chi connectivity index (χ4v) is 0.197. The second-order valence-electron chi connectivity index (χ2n) is 2.58. The fourth-order valence-electron chi connectivity index (χ4n) is 0.197. The number of aliphatic carboxylic acids is 2. The van der Waals surface area contributed by atoms with Gasteiger partial charge >= 0.3 is 17.1 Å². The van der Waals surface area contributed by atoms with Gasteiger partial charge in [0.05, 0.1) is 0 Å². The number of aliphatic hydroxyl groups is 1. The minimum absolute atomic E-state index is 0. The molecule has 8 heteroatoms. The largest absolute Gasteiger partial charge is 2.00 e. The summed E-state index contributed by atoms with van der Waals surface area (Å²) in [4.78, 5) is 19.1. The molecule has 0 aromatic carbocycles. The van der Waals surface area contributed by atoms with Crippen LogP contribution < -0.4 is 10.2 Å². The molecule has 0 aliphatic carbocycles. The molecule has 0 fully saturated rings. The Bertz CT molecular complexity index is 198. The quantitative estimate of drug-likeness (QED) is 0.571. The van der Waals surface area contributed by atoms with Gasteiger partial charge in [-0.25, -0.2) is 0 Å². The van der Waals surface area contributed by atoms with Gasteiger partial charge in [-0.2, -0.15) is 0 Å². The summed E-state index contributed by atoms with van der Waals surface area (Å²) in [7, 11) is 0. The summed E-state index contributed by atoms with van der Waals surface area (Å²) in [6.45, 7) is 2.48. The Labute approximate surface area is 97.9 Å². The first-order valence-electron chi connectivity index (χ1n) is 3.72. The van der Waals surface area contributed by atoms with Gasteiger partial charge in [0.25, 0.3) is 0 Å². The third kappa shape index (κ3) is 13.3. The average Bonchev–Trinajstić information content (AvgIpc) is 2.03. The number of rotatable bonds is 3. The van der Waals surface area contributed by atoms with E-state index in [1.54, 1.807) is 0 Å². The number of nitrogens with one attached hydrogen (secondary N) is 2. The molecule has 0 saturated carbocycles. The van der Waals surface area contributed by atoms with Crippen molar-refractivity contribution < 1.29 is 42.0 Å². The molecule has 1 radical (unpaired) electrons. The van der Waals surface area contributed by atoms with Crippen LogP contribution in [0.2, 0.25) is 0 Å². The molecule has 93 valence electrons. The average molecular weight is 268 g/mol. The zero-order valence-corrected chi connectivity index (χ0v) is 9.06. The number of carbonyl (C=O) groups is 2. The van der Waals surface area contributed by atoms with Crippen molar-refractivity contribution in [2.75, 3.05) is 0 Å². The first-order valence-corrected chi connectivity index (χ1v) is 3.72.